The summed E-state index contributed by atoms with van der Waals surface area (Å²) in [6.45, 7) is 7.04. The molecule has 0 saturated carbocycles. The van der Waals surface area contributed by atoms with E-state index in [9.17, 15) is 4.39 Å². The fourth-order valence-electron chi connectivity index (χ4n) is 4.21. The Morgan fingerprint density at radius 1 is 1.06 bits per heavy atom. The van der Waals surface area contributed by atoms with Gasteiger partial charge in [0.05, 0.1) is 5.69 Å². The van der Waals surface area contributed by atoms with Gasteiger partial charge in [0.1, 0.15) is 23.1 Å². The third kappa shape index (κ3) is 3.78. The normalized spacial score (nSPS) is 15.8. The first-order chi connectivity index (χ1) is 15.4. The number of halogens is 1. The molecule has 8 heteroatoms. The second-order valence-electron chi connectivity index (χ2n) is 8.69. The number of imidazole rings is 1. The zero-order chi connectivity index (χ0) is 22.3. The fourth-order valence-corrected chi connectivity index (χ4v) is 4.21. The van der Waals surface area contributed by atoms with Crippen LogP contribution in [0.15, 0.2) is 54.7 Å². The third-order valence-corrected chi connectivity index (χ3v) is 5.77. The topological polar surface area (TPSA) is 70.4 Å². The molecule has 1 aliphatic rings. The summed E-state index contributed by atoms with van der Waals surface area (Å²) < 4.78 is 15.5. The van der Waals surface area contributed by atoms with E-state index in [0.717, 1.165) is 59.4 Å². The van der Waals surface area contributed by atoms with Crippen molar-refractivity contribution in [2.75, 3.05) is 36.9 Å². The van der Waals surface area contributed by atoms with Crippen molar-refractivity contribution in [1.29, 1.82) is 0 Å². The maximum atomic E-state index is 13.6. The van der Waals surface area contributed by atoms with Crippen LogP contribution in [0.5, 0.6) is 0 Å². The Labute approximate surface area is 186 Å². The lowest BCUT2D eigenvalue weighted by Gasteiger charge is -2.39. The third-order valence-electron chi connectivity index (χ3n) is 5.77. The zero-order valence-electron chi connectivity index (χ0n) is 18.4. The molecule has 0 amide bonds. The molecule has 1 aromatic carbocycles. The van der Waals surface area contributed by atoms with Crippen molar-refractivity contribution in [1.82, 2.24) is 24.9 Å². The maximum absolute atomic E-state index is 13.6. The van der Waals surface area contributed by atoms with E-state index in [1.807, 2.05) is 35.8 Å². The number of hydrogen-bond acceptors (Lipinski definition) is 6. The molecular weight excluding hydrogens is 405 g/mol. The van der Waals surface area contributed by atoms with E-state index in [-0.39, 0.29) is 11.4 Å². The number of rotatable bonds is 4. The number of benzene rings is 1. The van der Waals surface area contributed by atoms with Crippen LogP contribution in [0.3, 0.4) is 0 Å². The van der Waals surface area contributed by atoms with Gasteiger partial charge in [-0.1, -0.05) is 0 Å². The predicted molar refractivity (Wildman–Crippen MR) is 125 cm³/mol. The van der Waals surface area contributed by atoms with E-state index >= 15 is 0 Å². The number of fused-ring (bicyclic) bond motifs is 1. The van der Waals surface area contributed by atoms with E-state index in [2.05, 4.69) is 34.4 Å². The van der Waals surface area contributed by atoms with Gasteiger partial charge in [0.2, 0.25) is 0 Å². The summed E-state index contributed by atoms with van der Waals surface area (Å²) in [6, 6.07) is 14.3. The molecule has 0 unspecified atom stereocenters. The van der Waals surface area contributed by atoms with Gasteiger partial charge in [0, 0.05) is 49.5 Å². The standard InChI is InChI=1S/C24H26FN7/c1-24(2)15-31(13-12-28-24)21-9-8-20-29-22(16-4-6-18(25)7-5-16)23(32(20)30-21)17-10-11-27-19(14-17)26-3/h4-11,14,28H,12-13,15H2,1-3H3,(H,26,27). The van der Waals surface area contributed by atoms with E-state index in [4.69, 9.17) is 10.1 Å². The van der Waals surface area contributed by atoms with Crippen LogP contribution in [-0.2, 0) is 0 Å². The van der Waals surface area contributed by atoms with E-state index < -0.39 is 0 Å². The molecule has 5 rings (SSSR count). The molecule has 1 fully saturated rings. The number of aromatic nitrogens is 4. The highest BCUT2D eigenvalue weighted by molar-refractivity contribution is 5.82. The highest BCUT2D eigenvalue weighted by atomic mass is 19.1. The van der Waals surface area contributed by atoms with Crippen LogP contribution in [0.25, 0.3) is 28.2 Å². The summed E-state index contributed by atoms with van der Waals surface area (Å²) in [4.78, 5) is 11.5. The molecule has 0 radical (unpaired) electrons. The molecule has 0 spiro atoms. The second kappa shape index (κ2) is 7.87. The van der Waals surface area contributed by atoms with Crippen molar-refractivity contribution in [2.45, 2.75) is 19.4 Å². The predicted octanol–water partition coefficient (Wildman–Crippen LogP) is 3.83. The summed E-state index contributed by atoms with van der Waals surface area (Å²) in [5.74, 6) is 1.38. The number of hydrogen-bond donors (Lipinski definition) is 2. The van der Waals surface area contributed by atoms with Gasteiger partial charge in [0.25, 0.3) is 0 Å². The lowest BCUT2D eigenvalue weighted by molar-refractivity contribution is 0.351. The Morgan fingerprint density at radius 2 is 1.88 bits per heavy atom. The Balaban J connectivity index is 1.70. The monoisotopic (exact) mass is 431 g/mol. The average Bonchev–Trinajstić information content (AvgIpc) is 3.17. The first-order valence-electron chi connectivity index (χ1n) is 10.7. The number of nitrogens with one attached hydrogen (secondary N) is 2. The quantitative estimate of drug-likeness (QED) is 0.512. The highest BCUT2D eigenvalue weighted by Gasteiger charge is 2.27. The van der Waals surface area contributed by atoms with Crippen molar-refractivity contribution in [3.8, 4) is 22.5 Å². The van der Waals surface area contributed by atoms with Gasteiger partial charge in [-0.2, -0.15) is 0 Å². The Hall–Kier alpha value is -3.52. The minimum Gasteiger partial charge on any atom is -0.373 e. The van der Waals surface area contributed by atoms with Crippen LogP contribution in [0, 0.1) is 5.82 Å². The van der Waals surface area contributed by atoms with E-state index in [1.54, 1.807) is 18.3 Å². The second-order valence-corrected chi connectivity index (χ2v) is 8.69. The summed E-state index contributed by atoms with van der Waals surface area (Å²) in [5.41, 5.74) is 4.12. The van der Waals surface area contributed by atoms with Gasteiger partial charge < -0.3 is 15.5 Å². The number of nitrogens with zero attached hydrogens (tertiary/aromatic N) is 5. The van der Waals surface area contributed by atoms with E-state index in [0.29, 0.717) is 0 Å². The van der Waals surface area contributed by atoms with Gasteiger partial charge >= 0.3 is 0 Å². The molecular formula is C24H26FN7. The zero-order valence-corrected chi connectivity index (χ0v) is 18.4. The van der Waals surface area contributed by atoms with Gasteiger partial charge in [-0.05, 0) is 62.4 Å². The molecule has 0 aliphatic carbocycles. The van der Waals surface area contributed by atoms with Crippen molar-refractivity contribution < 1.29 is 4.39 Å². The van der Waals surface area contributed by atoms with E-state index in [1.165, 1.54) is 12.1 Å². The molecule has 3 aromatic heterocycles. The summed E-state index contributed by atoms with van der Waals surface area (Å²) in [5, 5.41) is 11.6. The molecule has 0 bridgehead atoms. The fraction of sp³-hybridized carbons (Fsp3) is 0.292. The molecule has 32 heavy (non-hydrogen) atoms. The average molecular weight is 432 g/mol. The molecule has 4 aromatic rings. The largest absolute Gasteiger partial charge is 0.373 e. The van der Waals surface area contributed by atoms with Crippen molar-refractivity contribution in [3.63, 3.8) is 0 Å². The lowest BCUT2D eigenvalue weighted by atomic mass is 10.0. The number of piperazine rings is 1. The van der Waals surface area contributed by atoms with Crippen LogP contribution < -0.4 is 15.5 Å². The van der Waals surface area contributed by atoms with Crippen molar-refractivity contribution in [3.05, 3.63) is 60.5 Å². The highest BCUT2D eigenvalue weighted by Crippen LogP contribution is 2.34. The first kappa shape index (κ1) is 20.4. The summed E-state index contributed by atoms with van der Waals surface area (Å²) in [6.07, 6.45) is 1.76. The van der Waals surface area contributed by atoms with Crippen LogP contribution in [0.1, 0.15) is 13.8 Å². The Bertz CT molecular complexity index is 1260. The van der Waals surface area contributed by atoms with Gasteiger partial charge in [-0.15, -0.1) is 5.10 Å². The SMILES string of the molecule is CNc1cc(-c2c(-c3ccc(F)cc3)nc3ccc(N4CCNC(C)(C)C4)nn23)ccn1. The molecule has 164 valence electrons. The first-order valence-corrected chi connectivity index (χ1v) is 10.7. The molecule has 1 saturated heterocycles. The van der Waals surface area contributed by atoms with Gasteiger partial charge in [-0.25, -0.2) is 18.9 Å². The summed E-state index contributed by atoms with van der Waals surface area (Å²) in [7, 11) is 1.84. The molecule has 4 heterocycles. The van der Waals surface area contributed by atoms with Gasteiger partial charge in [-0.3, -0.25) is 0 Å². The molecule has 0 atom stereocenters. The maximum Gasteiger partial charge on any atom is 0.155 e. The lowest BCUT2D eigenvalue weighted by Crippen LogP contribution is -2.57. The van der Waals surface area contributed by atoms with Crippen molar-refractivity contribution in [2.24, 2.45) is 0 Å². The smallest absolute Gasteiger partial charge is 0.155 e. The molecule has 7 nitrogen and oxygen atoms in total. The molecule has 2 N–H and O–H groups in total. The van der Waals surface area contributed by atoms with Crippen molar-refractivity contribution >= 4 is 17.3 Å². The van der Waals surface area contributed by atoms with Gasteiger partial charge in [0.15, 0.2) is 5.65 Å². The van der Waals surface area contributed by atoms with Crippen LogP contribution in [0.4, 0.5) is 16.0 Å². The summed E-state index contributed by atoms with van der Waals surface area (Å²) >= 11 is 0. The molecule has 1 aliphatic heterocycles. The van der Waals surface area contributed by atoms with Crippen LogP contribution >= 0.6 is 0 Å². The van der Waals surface area contributed by atoms with Crippen LogP contribution in [0.2, 0.25) is 0 Å². The van der Waals surface area contributed by atoms with Crippen LogP contribution in [-0.4, -0.2) is 51.8 Å². The minimum atomic E-state index is -0.276. The Kier molecular flexibility index (Phi) is 5.01. The minimum absolute atomic E-state index is 0.0126. The number of anilines is 2. The number of pyridine rings is 1. The Morgan fingerprint density at radius 3 is 2.62 bits per heavy atom.